The molecule has 0 saturated carbocycles. The summed E-state index contributed by atoms with van der Waals surface area (Å²) in [6.07, 6.45) is 1.88. The van der Waals surface area contributed by atoms with Gasteiger partial charge in [0, 0.05) is 31.2 Å². The van der Waals surface area contributed by atoms with Crippen LogP contribution in [-0.4, -0.2) is 35.1 Å². The molecule has 1 N–H and O–H groups in total. The van der Waals surface area contributed by atoms with Gasteiger partial charge in [-0.25, -0.2) is 0 Å². The molecule has 0 aliphatic carbocycles. The monoisotopic (exact) mass is 317 g/mol. The third-order valence-corrected chi connectivity index (χ3v) is 4.45. The minimum atomic E-state index is -0.123. The minimum absolute atomic E-state index is 0.123. The molecule has 1 aliphatic rings. The number of hydrogen-bond acceptors (Lipinski definition) is 5. The van der Waals surface area contributed by atoms with Crippen LogP contribution in [0.25, 0.3) is 0 Å². The summed E-state index contributed by atoms with van der Waals surface area (Å²) in [6.45, 7) is 8.53. The van der Waals surface area contributed by atoms with Crippen LogP contribution >= 0.6 is 0 Å². The molecule has 0 atom stereocenters. The van der Waals surface area contributed by atoms with Crippen LogP contribution in [0, 0.1) is 20.8 Å². The second-order valence-electron chi connectivity index (χ2n) is 6.24. The smallest absolute Gasteiger partial charge is 0.287 e. The standard InChI is InChI=1S/C17H23N3O3/c1-11-4-5-16(22-11)17(21)18-14-6-8-20(9-7-14)10-15-12(2)19-23-13(15)3/h4-5,14H,6-10H2,1-3H3,(H,18,21). The van der Waals surface area contributed by atoms with E-state index in [0.29, 0.717) is 5.76 Å². The maximum absolute atomic E-state index is 12.1. The number of aromatic nitrogens is 1. The van der Waals surface area contributed by atoms with Crippen molar-refractivity contribution in [3.05, 3.63) is 40.7 Å². The predicted molar refractivity (Wildman–Crippen MR) is 85.2 cm³/mol. The van der Waals surface area contributed by atoms with E-state index in [2.05, 4.69) is 15.4 Å². The number of hydrogen-bond donors (Lipinski definition) is 1. The molecule has 23 heavy (non-hydrogen) atoms. The zero-order chi connectivity index (χ0) is 16.4. The first-order valence-corrected chi connectivity index (χ1v) is 8.04. The number of amides is 1. The van der Waals surface area contributed by atoms with Gasteiger partial charge in [0.05, 0.1) is 5.69 Å². The number of aryl methyl sites for hydroxylation is 3. The molecule has 1 saturated heterocycles. The van der Waals surface area contributed by atoms with Crippen molar-refractivity contribution < 1.29 is 13.7 Å². The SMILES string of the molecule is Cc1ccc(C(=O)NC2CCN(Cc3c(C)noc3C)CC2)o1. The number of nitrogens with one attached hydrogen (secondary N) is 1. The Balaban J connectivity index is 1.50. The molecular weight excluding hydrogens is 294 g/mol. The predicted octanol–water partition coefficient (Wildman–Crippen LogP) is 2.59. The number of likely N-dealkylation sites (tertiary alicyclic amines) is 1. The lowest BCUT2D eigenvalue weighted by atomic mass is 10.0. The highest BCUT2D eigenvalue weighted by Gasteiger charge is 2.23. The van der Waals surface area contributed by atoms with Crippen LogP contribution in [0.5, 0.6) is 0 Å². The van der Waals surface area contributed by atoms with Crippen LogP contribution in [0.2, 0.25) is 0 Å². The van der Waals surface area contributed by atoms with Crippen molar-refractivity contribution in [1.82, 2.24) is 15.4 Å². The van der Waals surface area contributed by atoms with Crippen molar-refractivity contribution in [3.8, 4) is 0 Å². The molecule has 6 nitrogen and oxygen atoms in total. The first-order chi connectivity index (χ1) is 11.0. The molecular formula is C17H23N3O3. The van der Waals surface area contributed by atoms with Crippen molar-refractivity contribution in [2.75, 3.05) is 13.1 Å². The van der Waals surface area contributed by atoms with Crippen molar-refractivity contribution in [2.24, 2.45) is 0 Å². The lowest BCUT2D eigenvalue weighted by Crippen LogP contribution is -2.44. The molecule has 2 aromatic heterocycles. The lowest BCUT2D eigenvalue weighted by molar-refractivity contribution is 0.0879. The van der Waals surface area contributed by atoms with Gasteiger partial charge in [0.15, 0.2) is 5.76 Å². The molecule has 124 valence electrons. The molecule has 0 spiro atoms. The molecule has 0 radical (unpaired) electrons. The summed E-state index contributed by atoms with van der Waals surface area (Å²) in [5.41, 5.74) is 2.14. The highest BCUT2D eigenvalue weighted by atomic mass is 16.5. The third kappa shape index (κ3) is 3.64. The van der Waals surface area contributed by atoms with Gasteiger partial charge in [-0.3, -0.25) is 9.69 Å². The molecule has 0 aromatic carbocycles. The zero-order valence-corrected chi connectivity index (χ0v) is 13.9. The number of carbonyl (C=O) groups excluding carboxylic acids is 1. The maximum Gasteiger partial charge on any atom is 0.287 e. The Kier molecular flexibility index (Phi) is 4.52. The Hall–Kier alpha value is -2.08. The van der Waals surface area contributed by atoms with Gasteiger partial charge in [-0.1, -0.05) is 5.16 Å². The van der Waals surface area contributed by atoms with Crippen molar-refractivity contribution >= 4 is 5.91 Å². The van der Waals surface area contributed by atoms with Gasteiger partial charge in [0.2, 0.25) is 0 Å². The molecule has 3 rings (SSSR count). The summed E-state index contributed by atoms with van der Waals surface area (Å²) in [6, 6.07) is 3.73. The average molecular weight is 317 g/mol. The van der Waals surface area contributed by atoms with Crippen LogP contribution < -0.4 is 5.32 Å². The van der Waals surface area contributed by atoms with Crippen molar-refractivity contribution in [3.63, 3.8) is 0 Å². The topological polar surface area (TPSA) is 71.5 Å². The fourth-order valence-corrected chi connectivity index (χ4v) is 3.00. The van der Waals surface area contributed by atoms with Gasteiger partial charge in [-0.2, -0.15) is 0 Å². The van der Waals surface area contributed by atoms with E-state index in [4.69, 9.17) is 8.94 Å². The highest BCUT2D eigenvalue weighted by molar-refractivity contribution is 5.91. The van der Waals surface area contributed by atoms with Gasteiger partial charge in [0.25, 0.3) is 5.91 Å². The summed E-state index contributed by atoms with van der Waals surface area (Å²) in [5.74, 6) is 1.92. The van der Waals surface area contributed by atoms with Gasteiger partial charge >= 0.3 is 0 Å². The van der Waals surface area contributed by atoms with Gasteiger partial charge < -0.3 is 14.3 Å². The number of furan rings is 1. The van der Waals surface area contributed by atoms with E-state index >= 15 is 0 Å². The second kappa shape index (κ2) is 6.58. The summed E-state index contributed by atoms with van der Waals surface area (Å²) in [7, 11) is 0. The molecule has 0 unspecified atom stereocenters. The van der Waals surface area contributed by atoms with E-state index in [-0.39, 0.29) is 11.9 Å². The van der Waals surface area contributed by atoms with Crippen molar-refractivity contribution in [2.45, 2.75) is 46.2 Å². The Bertz CT molecular complexity index is 662. The van der Waals surface area contributed by atoms with Crippen LogP contribution in [0.4, 0.5) is 0 Å². The maximum atomic E-state index is 12.1. The first kappa shape index (κ1) is 15.8. The number of carbonyl (C=O) groups is 1. The Morgan fingerprint density at radius 2 is 2.04 bits per heavy atom. The van der Waals surface area contributed by atoms with Crippen LogP contribution in [0.1, 0.15) is 46.2 Å². The van der Waals surface area contributed by atoms with Gasteiger partial charge in [-0.15, -0.1) is 0 Å². The van der Waals surface area contributed by atoms with E-state index in [1.165, 1.54) is 5.56 Å². The number of nitrogens with zero attached hydrogens (tertiary/aromatic N) is 2. The Labute approximate surface area is 135 Å². The Morgan fingerprint density at radius 3 is 2.61 bits per heavy atom. The summed E-state index contributed by atoms with van der Waals surface area (Å²) < 4.78 is 10.6. The highest BCUT2D eigenvalue weighted by Crippen LogP contribution is 2.19. The summed E-state index contributed by atoms with van der Waals surface area (Å²) in [4.78, 5) is 14.5. The summed E-state index contributed by atoms with van der Waals surface area (Å²) in [5, 5.41) is 7.06. The third-order valence-electron chi connectivity index (χ3n) is 4.45. The van der Waals surface area contributed by atoms with E-state index in [9.17, 15) is 4.79 Å². The number of rotatable bonds is 4. The normalized spacial score (nSPS) is 16.7. The quantitative estimate of drug-likeness (QED) is 0.938. The van der Waals surface area contributed by atoms with Crippen LogP contribution in [-0.2, 0) is 6.54 Å². The van der Waals surface area contributed by atoms with Crippen molar-refractivity contribution in [1.29, 1.82) is 0 Å². The summed E-state index contributed by atoms with van der Waals surface area (Å²) >= 11 is 0. The molecule has 1 aliphatic heterocycles. The van der Waals surface area contributed by atoms with Gasteiger partial charge in [0.1, 0.15) is 11.5 Å². The largest absolute Gasteiger partial charge is 0.456 e. The zero-order valence-electron chi connectivity index (χ0n) is 13.9. The van der Waals surface area contributed by atoms with E-state index in [1.54, 1.807) is 12.1 Å². The Morgan fingerprint density at radius 1 is 1.30 bits per heavy atom. The molecule has 3 heterocycles. The fourth-order valence-electron chi connectivity index (χ4n) is 3.00. The number of piperidine rings is 1. The minimum Gasteiger partial charge on any atom is -0.456 e. The molecule has 2 aromatic rings. The molecule has 1 fully saturated rings. The van der Waals surface area contributed by atoms with Gasteiger partial charge in [-0.05, 0) is 45.7 Å². The fraction of sp³-hybridized carbons (Fsp3) is 0.529. The van der Waals surface area contributed by atoms with E-state index in [0.717, 1.165) is 49.7 Å². The lowest BCUT2D eigenvalue weighted by Gasteiger charge is -2.32. The molecule has 1 amide bonds. The molecule has 6 heteroatoms. The van der Waals surface area contributed by atoms with Crippen LogP contribution in [0.3, 0.4) is 0 Å². The average Bonchev–Trinajstić information content (AvgIpc) is 3.10. The molecule has 0 bridgehead atoms. The first-order valence-electron chi connectivity index (χ1n) is 8.04. The second-order valence-corrected chi connectivity index (χ2v) is 6.24. The van der Waals surface area contributed by atoms with E-state index < -0.39 is 0 Å². The van der Waals surface area contributed by atoms with E-state index in [1.807, 2.05) is 20.8 Å². The van der Waals surface area contributed by atoms with Crippen LogP contribution in [0.15, 0.2) is 21.1 Å².